The summed E-state index contributed by atoms with van der Waals surface area (Å²) in [6.07, 6.45) is 0. The molecule has 0 heterocycles. The van der Waals surface area contributed by atoms with Crippen molar-refractivity contribution in [3.8, 4) is 0 Å². The van der Waals surface area contributed by atoms with Gasteiger partial charge in [0.1, 0.15) is 0 Å². The van der Waals surface area contributed by atoms with E-state index in [2.05, 4.69) is 63.3 Å². The first-order valence-electron chi connectivity index (χ1n) is 2.95. The Labute approximate surface area is 74.6 Å². The van der Waals surface area contributed by atoms with Crippen LogP contribution in [0.3, 0.4) is 0 Å². The number of halogens is 2. The molecular weight excluding hydrogens is 245 g/mol. The fourth-order valence-electron chi connectivity index (χ4n) is 0.534. The molecule has 0 rings (SSSR count). The normalized spacial score (nSPS) is 12.3. The van der Waals surface area contributed by atoms with Crippen molar-refractivity contribution in [1.29, 1.82) is 0 Å². The molecule has 0 aromatic rings. The summed E-state index contributed by atoms with van der Waals surface area (Å²) < 4.78 is 2.08. The average Bonchev–Trinajstić information content (AvgIpc) is 1.62. The maximum Gasteiger partial charge on any atom is 0.310 e. The minimum absolute atomic E-state index is 0.183. The Morgan fingerprint density at radius 1 is 1.33 bits per heavy atom. The van der Waals surface area contributed by atoms with Gasteiger partial charge in [-0.1, -0.05) is 6.82 Å². The summed E-state index contributed by atoms with van der Waals surface area (Å²) in [4.78, 5) is 0. The van der Waals surface area contributed by atoms with Crippen molar-refractivity contribution in [1.82, 2.24) is 3.84 Å². The molecule has 1 nitrogen and oxygen atoms in total. The third kappa shape index (κ3) is 3.63. The molecule has 0 aliphatic heterocycles. The molecular formula is C5H12BBr2N. The molecule has 0 aliphatic carbocycles. The summed E-state index contributed by atoms with van der Waals surface area (Å²) >= 11 is 6.90. The highest BCUT2D eigenvalue weighted by Gasteiger charge is 2.24. The first-order valence-corrected chi connectivity index (χ1v) is 4.57. The van der Waals surface area contributed by atoms with Crippen molar-refractivity contribution in [2.45, 2.75) is 33.1 Å². The molecule has 0 fully saturated rings. The first-order chi connectivity index (χ1) is 3.85. The van der Waals surface area contributed by atoms with E-state index in [1.54, 1.807) is 0 Å². The molecule has 0 bridgehead atoms. The van der Waals surface area contributed by atoms with Gasteiger partial charge in [-0.05, 0) is 20.8 Å². The lowest BCUT2D eigenvalue weighted by atomic mass is 9.92. The van der Waals surface area contributed by atoms with E-state index in [1.807, 2.05) is 0 Å². The predicted octanol–water partition coefficient (Wildman–Crippen LogP) is 2.91. The summed E-state index contributed by atoms with van der Waals surface area (Å²) in [7, 11) is 0. The lowest BCUT2D eigenvalue weighted by Gasteiger charge is -2.30. The maximum absolute atomic E-state index is 3.45. The van der Waals surface area contributed by atoms with Gasteiger partial charge in [-0.15, -0.1) is 15.8 Å². The average molecular weight is 257 g/mol. The molecule has 0 saturated heterocycles. The summed E-state index contributed by atoms with van der Waals surface area (Å²) in [6, 6.07) is 0. The lowest BCUT2D eigenvalue weighted by Crippen LogP contribution is -2.39. The second-order valence-electron chi connectivity index (χ2n) is 3.06. The zero-order valence-corrected chi connectivity index (χ0v) is 9.45. The standard InChI is InChI=1S/C5H12BBr2N/c1-5(2,3)9(8)6(4)7/h1-4H3. The van der Waals surface area contributed by atoms with E-state index < -0.39 is 0 Å². The van der Waals surface area contributed by atoms with E-state index in [4.69, 9.17) is 0 Å². The number of hydrogen-bond acceptors (Lipinski definition) is 1. The van der Waals surface area contributed by atoms with E-state index in [-0.39, 0.29) is 5.54 Å². The molecule has 54 valence electrons. The minimum atomic E-state index is 0.183. The van der Waals surface area contributed by atoms with Gasteiger partial charge in [-0.2, -0.15) is 0 Å². The smallest absolute Gasteiger partial charge is 0.265 e. The molecule has 0 aromatic carbocycles. The Hall–Kier alpha value is 0.985. The maximum atomic E-state index is 3.45. The van der Waals surface area contributed by atoms with Crippen LogP contribution in [0.25, 0.3) is 0 Å². The molecule has 0 aromatic heterocycles. The molecule has 0 spiro atoms. The summed E-state index contributed by atoms with van der Waals surface area (Å²) in [5.41, 5.74) is 0.556. The second-order valence-corrected chi connectivity index (χ2v) is 5.15. The van der Waals surface area contributed by atoms with E-state index in [0.29, 0.717) is 5.67 Å². The largest absolute Gasteiger partial charge is 0.310 e. The Balaban J connectivity index is 3.88. The van der Waals surface area contributed by atoms with E-state index >= 15 is 0 Å². The molecule has 0 atom stereocenters. The van der Waals surface area contributed by atoms with Crippen LogP contribution in [-0.2, 0) is 0 Å². The topological polar surface area (TPSA) is 3.24 Å². The van der Waals surface area contributed by atoms with Crippen LogP contribution in [0.5, 0.6) is 0 Å². The van der Waals surface area contributed by atoms with Gasteiger partial charge in [0.25, 0.3) is 0 Å². The first kappa shape index (κ1) is 9.98. The molecule has 4 heteroatoms. The molecule has 9 heavy (non-hydrogen) atoms. The highest BCUT2D eigenvalue weighted by molar-refractivity contribution is 9.25. The number of hydrogen-bond donors (Lipinski definition) is 0. The van der Waals surface area contributed by atoms with Crippen molar-refractivity contribution >= 4 is 37.6 Å². The van der Waals surface area contributed by atoms with Gasteiger partial charge in [0.2, 0.25) is 0 Å². The fourth-order valence-corrected chi connectivity index (χ4v) is 1.15. The lowest BCUT2D eigenvalue weighted by molar-refractivity contribution is 0.404. The molecule has 0 amide bonds. The van der Waals surface area contributed by atoms with Gasteiger partial charge < -0.3 is 0 Å². The molecule has 0 radical (unpaired) electrons. The Kier molecular flexibility index (Phi) is 3.77. The van der Waals surface area contributed by atoms with Crippen LogP contribution >= 0.6 is 31.9 Å². The number of nitrogens with zero attached hydrogens (tertiary/aromatic N) is 1. The molecule has 0 aliphatic rings. The SMILES string of the molecule is CB(Br)N(Br)C(C)(C)C. The monoisotopic (exact) mass is 255 g/mol. The highest BCUT2D eigenvalue weighted by atomic mass is 79.9. The van der Waals surface area contributed by atoms with Crippen LogP contribution in [0.1, 0.15) is 20.8 Å². The van der Waals surface area contributed by atoms with Crippen LogP contribution in [0, 0.1) is 0 Å². The highest BCUT2D eigenvalue weighted by Crippen LogP contribution is 2.21. The zero-order valence-electron chi connectivity index (χ0n) is 6.28. The Morgan fingerprint density at radius 3 is 1.67 bits per heavy atom. The van der Waals surface area contributed by atoms with Crippen LogP contribution in [-0.4, -0.2) is 15.0 Å². The van der Waals surface area contributed by atoms with Crippen LogP contribution < -0.4 is 0 Å². The Morgan fingerprint density at radius 2 is 1.67 bits per heavy atom. The van der Waals surface area contributed by atoms with Crippen LogP contribution in [0.4, 0.5) is 0 Å². The Bertz CT molecular complexity index is 89.4. The van der Waals surface area contributed by atoms with Gasteiger partial charge in [0.15, 0.2) is 0 Å². The van der Waals surface area contributed by atoms with Crippen LogP contribution in [0.15, 0.2) is 0 Å². The van der Waals surface area contributed by atoms with Crippen molar-refractivity contribution in [2.75, 3.05) is 0 Å². The van der Waals surface area contributed by atoms with Crippen LogP contribution in [0.2, 0.25) is 6.82 Å². The fraction of sp³-hybridized carbons (Fsp3) is 1.00. The van der Waals surface area contributed by atoms with Crippen molar-refractivity contribution < 1.29 is 0 Å². The van der Waals surface area contributed by atoms with Gasteiger partial charge in [0, 0.05) is 21.7 Å². The van der Waals surface area contributed by atoms with Gasteiger partial charge in [-0.25, -0.2) is 0 Å². The molecule has 0 saturated carbocycles. The van der Waals surface area contributed by atoms with Crippen molar-refractivity contribution in [2.24, 2.45) is 0 Å². The minimum Gasteiger partial charge on any atom is -0.265 e. The summed E-state index contributed by atoms with van der Waals surface area (Å²) in [5, 5.41) is 0. The third-order valence-electron chi connectivity index (χ3n) is 0.953. The number of rotatable bonds is 1. The molecule has 0 N–H and O–H groups in total. The van der Waals surface area contributed by atoms with Crippen molar-refractivity contribution in [3.63, 3.8) is 0 Å². The van der Waals surface area contributed by atoms with E-state index in [0.717, 1.165) is 0 Å². The van der Waals surface area contributed by atoms with Gasteiger partial charge in [-0.3, -0.25) is 3.84 Å². The summed E-state index contributed by atoms with van der Waals surface area (Å²) in [6.45, 7) is 8.54. The van der Waals surface area contributed by atoms with Gasteiger partial charge >= 0.3 is 5.67 Å². The third-order valence-corrected chi connectivity index (χ3v) is 3.59. The predicted molar refractivity (Wildman–Crippen MR) is 51.1 cm³/mol. The van der Waals surface area contributed by atoms with E-state index in [9.17, 15) is 0 Å². The zero-order chi connectivity index (χ0) is 7.65. The quantitative estimate of drug-likeness (QED) is 0.515. The second kappa shape index (κ2) is 3.40. The van der Waals surface area contributed by atoms with Gasteiger partial charge in [0.05, 0.1) is 0 Å². The van der Waals surface area contributed by atoms with Crippen molar-refractivity contribution in [3.05, 3.63) is 0 Å². The van der Waals surface area contributed by atoms with E-state index in [1.165, 1.54) is 0 Å². The summed E-state index contributed by atoms with van der Waals surface area (Å²) in [5.74, 6) is 0. The molecule has 0 unspecified atom stereocenters.